The number of aliphatic hydroxyl groups is 2. The minimum atomic E-state index is -5.71. The quantitative estimate of drug-likeness (QED) is 0.0433. The molecule has 38 nitrogen and oxygen atoms in total. The first-order valence-corrected chi connectivity index (χ1v) is 26.0. The summed E-state index contributed by atoms with van der Waals surface area (Å²) >= 11 is 0. The Morgan fingerprint density at radius 2 is 0.939 bits per heavy atom. The summed E-state index contributed by atoms with van der Waals surface area (Å²) in [7, 11) is -31.0. The normalized spacial score (nSPS) is 27.5. The van der Waals surface area contributed by atoms with E-state index in [2.05, 4.69) is 56.2 Å². The molecule has 4 aromatic rings. The molecule has 0 spiro atoms. The van der Waals surface area contributed by atoms with E-state index in [1.807, 2.05) is 0 Å². The van der Waals surface area contributed by atoms with Crippen molar-refractivity contribution in [3.05, 3.63) is 33.4 Å². The molecule has 0 bridgehead atoms. The third-order valence-electron chi connectivity index (χ3n) is 8.26. The summed E-state index contributed by atoms with van der Waals surface area (Å²) in [5.41, 5.74) is 9.52. The highest BCUT2D eigenvalue weighted by atomic mass is 31.3. The molecule has 2 saturated heterocycles. The lowest BCUT2D eigenvalue weighted by Gasteiger charge is -2.19. The van der Waals surface area contributed by atoms with Crippen molar-refractivity contribution in [3.8, 4) is 0 Å². The average molecular weight is 1070 g/mol. The van der Waals surface area contributed by atoms with Crippen molar-refractivity contribution in [3.63, 3.8) is 0 Å². The molecule has 2 aliphatic rings. The van der Waals surface area contributed by atoms with Crippen LogP contribution in [0.2, 0.25) is 0 Å². The molecular weight excluding hydrogens is 1040 g/mol. The van der Waals surface area contributed by atoms with Crippen molar-refractivity contribution in [2.24, 2.45) is 0 Å². The van der Waals surface area contributed by atoms with E-state index in [-0.39, 0.29) is 34.2 Å². The maximum atomic E-state index is 12.0. The zero-order chi connectivity index (χ0) is 49.5. The maximum absolute atomic E-state index is 12.0. The number of hydrogen-bond acceptors (Lipinski definition) is 26. The van der Waals surface area contributed by atoms with Gasteiger partial charge in [0.2, 0.25) is 11.9 Å². The summed E-state index contributed by atoms with van der Waals surface area (Å²) in [5, 5.41) is 20.9. The number of methoxy groups -OCH3 is 2. The number of ether oxygens (including phenoxy) is 4. The zero-order valence-electron chi connectivity index (χ0n) is 32.5. The van der Waals surface area contributed by atoms with Crippen LogP contribution in [0.4, 0.5) is 11.9 Å². The first-order chi connectivity index (χ1) is 30.2. The van der Waals surface area contributed by atoms with Gasteiger partial charge in [-0.3, -0.25) is 37.7 Å². The van der Waals surface area contributed by atoms with Crippen LogP contribution in [0, 0.1) is 0 Å². The van der Waals surface area contributed by atoms with Crippen molar-refractivity contribution in [1.82, 2.24) is 39.0 Å². The predicted molar refractivity (Wildman–Crippen MR) is 206 cm³/mol. The van der Waals surface area contributed by atoms with Crippen molar-refractivity contribution in [2.75, 3.05) is 38.9 Å². The Bertz CT molecular complexity index is 2640. The molecule has 2 fully saturated rings. The van der Waals surface area contributed by atoms with E-state index < -0.39 is 120 Å². The van der Waals surface area contributed by atoms with E-state index in [1.165, 1.54) is 23.4 Å². The number of hydrogen-bond donors (Lipinski definition) is 14. The van der Waals surface area contributed by atoms with E-state index in [0.717, 1.165) is 12.7 Å². The van der Waals surface area contributed by atoms with Gasteiger partial charge in [-0.1, -0.05) is 0 Å². The Labute approximate surface area is 363 Å². The number of nitrogens with zero attached hydrogens (tertiary/aromatic N) is 6. The molecular formula is C22H36N10O28P6. The van der Waals surface area contributed by atoms with Gasteiger partial charge in [-0.15, -0.1) is 0 Å². The number of anilines is 2. The van der Waals surface area contributed by atoms with Crippen LogP contribution in [-0.2, 0) is 72.6 Å². The molecule has 0 amide bonds. The summed E-state index contributed by atoms with van der Waals surface area (Å²) in [6.07, 6.45) is -8.16. The highest BCUT2D eigenvalue weighted by Crippen LogP contribution is 2.67. The number of aromatic amines is 2. The zero-order valence-corrected chi connectivity index (χ0v) is 37.9. The van der Waals surface area contributed by atoms with Gasteiger partial charge < -0.3 is 79.8 Å². The second kappa shape index (κ2) is 20.1. The van der Waals surface area contributed by atoms with E-state index in [1.54, 1.807) is 0 Å². The molecule has 16 N–H and O–H groups in total. The Hall–Kier alpha value is -3.12. The van der Waals surface area contributed by atoms with Crippen LogP contribution in [-0.4, -0.2) is 152 Å². The van der Waals surface area contributed by atoms with Crippen LogP contribution < -0.4 is 22.6 Å². The molecule has 44 heteroatoms. The molecule has 0 radical (unpaired) electrons. The van der Waals surface area contributed by atoms with Gasteiger partial charge in [0.05, 0.1) is 25.9 Å². The van der Waals surface area contributed by atoms with E-state index >= 15 is 0 Å². The van der Waals surface area contributed by atoms with Crippen molar-refractivity contribution >= 4 is 81.2 Å². The van der Waals surface area contributed by atoms with Gasteiger partial charge >= 0.3 is 46.9 Å². The summed E-state index contributed by atoms with van der Waals surface area (Å²) in [6.45, 7) is -1.85. The number of H-pyrrole nitrogens is 2. The number of imidazole rings is 2. The van der Waals surface area contributed by atoms with Crippen molar-refractivity contribution < 1.29 is 122 Å². The third-order valence-corrected chi connectivity index (χ3v) is 15.9. The smallest absolute Gasteiger partial charge is 0.387 e. The lowest BCUT2D eigenvalue weighted by atomic mass is 10.1. The molecule has 6 heterocycles. The number of aliphatic hydroxyl groups excluding tert-OH is 2. The second-order valence-electron chi connectivity index (χ2n) is 12.8. The molecule has 372 valence electrons. The fourth-order valence-electron chi connectivity index (χ4n) is 5.87. The highest BCUT2D eigenvalue weighted by Gasteiger charge is 2.50. The SMILES string of the molecule is CO[C@@H]1[C@H](O)[C@@H](COP(=O)(O)OP(=O)(O)OP(=O)(O)O)O[C@H]1n1cnc2c(=O)[nH]c(N)nc21.CO[C@@H]1[C@H](O)[C@@H](COP(=O)(O)OP(=O)(O)OP(=O)(O)O)O[C@H]1n1cnc2c(=O)[nH]c(N)nc21. The van der Waals surface area contributed by atoms with Crippen LogP contribution in [0.5, 0.6) is 0 Å². The van der Waals surface area contributed by atoms with E-state index in [4.69, 9.17) is 50.0 Å². The van der Waals surface area contributed by atoms with Gasteiger partial charge in [0.1, 0.15) is 36.6 Å². The molecule has 0 aromatic carbocycles. The fraction of sp³-hybridized carbons (Fsp3) is 0.545. The topological polar surface area (TPSA) is 576 Å². The van der Waals surface area contributed by atoms with E-state index in [0.29, 0.717) is 0 Å². The van der Waals surface area contributed by atoms with Crippen LogP contribution in [0.1, 0.15) is 12.5 Å². The van der Waals surface area contributed by atoms with Crippen LogP contribution in [0.15, 0.2) is 22.2 Å². The fourth-order valence-corrected chi connectivity index (χ4v) is 11.9. The number of aromatic nitrogens is 8. The van der Waals surface area contributed by atoms with Gasteiger partial charge in [-0.25, -0.2) is 37.4 Å². The first kappa shape index (κ1) is 53.8. The second-order valence-corrected chi connectivity index (χ2v) is 21.7. The third kappa shape index (κ3) is 13.6. The standard InChI is InChI=1S/2C11H18N5O14P3/c2*1-26-7-6(17)4(2-27-32(22,23)30-33(24,25)29-31(19,20)21)28-10(7)16-3-13-5-8(16)14-11(12)15-9(5)18/h2*3-4,6-7,10,17H,2H2,1H3,(H,22,23)(H,24,25)(H2,19,20,21)(H3,12,14,15,18)/t2*4-,6-,7-,10-/m11/s1. The molecule has 66 heavy (non-hydrogen) atoms. The van der Waals surface area contributed by atoms with Crippen LogP contribution in [0.3, 0.4) is 0 Å². The van der Waals surface area contributed by atoms with Crippen LogP contribution in [0.25, 0.3) is 22.3 Å². The summed E-state index contributed by atoms with van der Waals surface area (Å²) in [6, 6.07) is 0. The molecule has 12 atom stereocenters. The number of nitrogen functional groups attached to an aromatic ring is 2. The molecule has 0 aliphatic carbocycles. The lowest BCUT2D eigenvalue weighted by Crippen LogP contribution is -2.35. The predicted octanol–water partition coefficient (Wildman–Crippen LogP) is -3.36. The highest BCUT2D eigenvalue weighted by molar-refractivity contribution is 7.67. The maximum Gasteiger partial charge on any atom is 0.490 e. The molecule has 4 unspecified atom stereocenters. The Balaban J connectivity index is 0.000000247. The van der Waals surface area contributed by atoms with Gasteiger partial charge in [0.15, 0.2) is 34.8 Å². The largest absolute Gasteiger partial charge is 0.490 e. The van der Waals surface area contributed by atoms with E-state index in [9.17, 15) is 66.8 Å². The number of nitrogens with two attached hydrogens (primary N) is 2. The van der Waals surface area contributed by atoms with Gasteiger partial charge in [-0.05, 0) is 0 Å². The number of nitrogens with one attached hydrogen (secondary N) is 2. The average Bonchev–Trinajstić information content (AvgIpc) is 3.90. The minimum Gasteiger partial charge on any atom is -0.387 e. The minimum absolute atomic E-state index is 0.0240. The summed E-state index contributed by atoms with van der Waals surface area (Å²) < 4.78 is 115. The molecule has 4 aromatic heterocycles. The van der Waals surface area contributed by atoms with Crippen molar-refractivity contribution in [1.29, 1.82) is 0 Å². The molecule has 2 aliphatic heterocycles. The van der Waals surface area contributed by atoms with Crippen LogP contribution >= 0.6 is 46.9 Å². The Morgan fingerprint density at radius 3 is 1.24 bits per heavy atom. The molecule has 0 saturated carbocycles. The molecule has 6 rings (SSSR count). The number of fused-ring (bicyclic) bond motifs is 2. The summed E-state index contributed by atoms with van der Waals surface area (Å²) in [5.74, 6) is -0.461. The first-order valence-electron chi connectivity index (χ1n) is 17.0. The van der Waals surface area contributed by atoms with Gasteiger partial charge in [0.25, 0.3) is 11.1 Å². The lowest BCUT2D eigenvalue weighted by molar-refractivity contribution is -0.0577. The number of phosphoric ester groups is 2. The summed E-state index contributed by atoms with van der Waals surface area (Å²) in [4.78, 5) is 116. The Kier molecular flexibility index (Phi) is 16.4. The van der Waals surface area contributed by atoms with Gasteiger partial charge in [0, 0.05) is 14.2 Å². The van der Waals surface area contributed by atoms with Crippen molar-refractivity contribution in [2.45, 2.75) is 49.1 Å². The Morgan fingerprint density at radius 1 is 0.606 bits per heavy atom. The monoisotopic (exact) mass is 1070 g/mol. The number of phosphoric acid groups is 6. The van der Waals surface area contributed by atoms with Gasteiger partial charge in [-0.2, -0.15) is 27.2 Å². The number of rotatable bonds is 18.